The fraction of sp³-hybridized carbons (Fsp3) is 0.0625. The maximum Gasteiger partial charge on any atom is 0.0711 e. The van der Waals surface area contributed by atoms with Crippen LogP contribution in [0.15, 0.2) is 54.6 Å². The molecule has 1 aliphatic heterocycles. The van der Waals surface area contributed by atoms with Crippen LogP contribution in [0.1, 0.15) is 11.1 Å². The molecule has 0 atom stereocenters. The van der Waals surface area contributed by atoms with Crippen molar-refractivity contribution in [3.63, 3.8) is 0 Å². The third-order valence-corrected chi connectivity index (χ3v) is 3.07. The van der Waals surface area contributed by atoms with Crippen molar-refractivity contribution in [1.82, 2.24) is 0 Å². The van der Waals surface area contributed by atoms with E-state index in [0.29, 0.717) is 6.61 Å². The van der Waals surface area contributed by atoms with E-state index in [0.717, 1.165) is 16.9 Å². The number of rotatable bonds is 1. The molecule has 0 fully saturated rings. The molecule has 0 bridgehead atoms. The van der Waals surface area contributed by atoms with Crippen LogP contribution in [0.5, 0.6) is 5.75 Å². The first kappa shape index (κ1) is 12.9. The first-order valence-corrected chi connectivity index (χ1v) is 5.69. The molecule has 1 aliphatic rings. The van der Waals surface area contributed by atoms with Crippen LogP contribution in [0, 0.1) is 6.92 Å². The molecular weight excluding hydrogens is 259 g/mol. The zero-order valence-electron chi connectivity index (χ0n) is 9.97. The number of ether oxygens (including phenoxy) is 1. The van der Waals surface area contributed by atoms with Gasteiger partial charge in [-0.25, -0.2) is 0 Å². The second-order valence-corrected chi connectivity index (χ2v) is 4.11. The number of para-hydroxylation sites is 1. The van der Waals surface area contributed by atoms with Gasteiger partial charge in [0.2, 0.25) is 0 Å². The van der Waals surface area contributed by atoms with Gasteiger partial charge in [-0.15, -0.1) is 11.6 Å². The van der Waals surface area contributed by atoms with E-state index in [1.807, 2.05) is 36.4 Å². The van der Waals surface area contributed by atoms with E-state index in [1.165, 1.54) is 11.1 Å². The molecule has 1 radical (unpaired) electrons. The van der Waals surface area contributed by atoms with Crippen LogP contribution in [0.3, 0.4) is 0 Å². The standard InChI is InChI=1S/C16H13O.V/c1-12-14-9-5-6-10-16(14)17-11-15(12)13-7-3-2-4-8-13;/h2-10H,1,11H2;/q-1;. The van der Waals surface area contributed by atoms with E-state index >= 15 is 0 Å². The molecule has 0 saturated heterocycles. The molecule has 1 nitrogen and oxygen atoms in total. The normalized spacial score (nSPS) is 13.3. The molecule has 0 saturated carbocycles. The summed E-state index contributed by atoms with van der Waals surface area (Å²) in [7, 11) is 0. The van der Waals surface area contributed by atoms with Crippen molar-refractivity contribution >= 4 is 11.1 Å². The Balaban J connectivity index is 0.00000120. The van der Waals surface area contributed by atoms with Crippen molar-refractivity contribution in [1.29, 1.82) is 0 Å². The van der Waals surface area contributed by atoms with Crippen molar-refractivity contribution < 1.29 is 23.3 Å². The number of hydrogen-bond acceptors (Lipinski definition) is 1. The third kappa shape index (κ3) is 2.20. The number of hydrogen-bond donors (Lipinski definition) is 0. The summed E-state index contributed by atoms with van der Waals surface area (Å²) in [5, 5.41) is 0. The Labute approximate surface area is 119 Å². The molecule has 0 amide bonds. The minimum atomic E-state index is 0. The van der Waals surface area contributed by atoms with Crippen LogP contribution in [0.2, 0.25) is 0 Å². The smallest absolute Gasteiger partial charge is 0.0711 e. The molecule has 2 heteroatoms. The summed E-state index contributed by atoms with van der Waals surface area (Å²) in [6.45, 7) is 4.79. The number of benzene rings is 2. The fourth-order valence-corrected chi connectivity index (χ4v) is 2.14. The van der Waals surface area contributed by atoms with E-state index in [-0.39, 0.29) is 18.6 Å². The third-order valence-electron chi connectivity index (χ3n) is 3.07. The molecule has 18 heavy (non-hydrogen) atoms. The summed E-state index contributed by atoms with van der Waals surface area (Å²) in [6, 6.07) is 18.3. The summed E-state index contributed by atoms with van der Waals surface area (Å²) in [5.74, 6) is 0.928. The molecule has 0 spiro atoms. The van der Waals surface area contributed by atoms with Gasteiger partial charge in [-0.1, -0.05) is 53.6 Å². The second-order valence-electron chi connectivity index (χ2n) is 4.11. The molecule has 2 aromatic carbocycles. The average Bonchev–Trinajstić information content (AvgIpc) is 2.40. The molecule has 0 aliphatic carbocycles. The zero-order chi connectivity index (χ0) is 11.7. The monoisotopic (exact) mass is 272 g/mol. The Morgan fingerprint density at radius 1 is 0.889 bits per heavy atom. The molecule has 0 aromatic heterocycles. The Kier molecular flexibility index (Phi) is 3.85. The van der Waals surface area contributed by atoms with Gasteiger partial charge >= 0.3 is 0 Å². The molecule has 1 heterocycles. The minimum absolute atomic E-state index is 0. The second kappa shape index (κ2) is 5.39. The van der Waals surface area contributed by atoms with Crippen LogP contribution >= 0.6 is 0 Å². The largest absolute Gasteiger partial charge is 0.513 e. The summed E-state index contributed by atoms with van der Waals surface area (Å²) in [6.07, 6.45) is 0. The van der Waals surface area contributed by atoms with Crippen LogP contribution < -0.4 is 4.74 Å². The van der Waals surface area contributed by atoms with Gasteiger partial charge in [-0.05, 0) is 6.07 Å². The van der Waals surface area contributed by atoms with Gasteiger partial charge in [-0.3, -0.25) is 0 Å². The Morgan fingerprint density at radius 3 is 2.33 bits per heavy atom. The molecule has 89 valence electrons. The van der Waals surface area contributed by atoms with Crippen LogP contribution in [-0.2, 0) is 18.6 Å². The van der Waals surface area contributed by atoms with Crippen molar-refractivity contribution in [3.05, 3.63) is 72.6 Å². The summed E-state index contributed by atoms with van der Waals surface area (Å²) >= 11 is 0. The van der Waals surface area contributed by atoms with Gasteiger partial charge in [0.05, 0.1) is 12.4 Å². The van der Waals surface area contributed by atoms with Gasteiger partial charge in [0.15, 0.2) is 0 Å². The first-order chi connectivity index (χ1) is 8.36. The van der Waals surface area contributed by atoms with Gasteiger partial charge in [0.1, 0.15) is 0 Å². The fourth-order valence-electron chi connectivity index (χ4n) is 2.14. The minimum Gasteiger partial charge on any atom is -0.513 e. The van der Waals surface area contributed by atoms with E-state index < -0.39 is 0 Å². The van der Waals surface area contributed by atoms with Gasteiger partial charge in [-0.2, -0.15) is 12.5 Å². The summed E-state index contributed by atoms with van der Waals surface area (Å²) in [5.41, 5.74) is 4.52. The van der Waals surface area contributed by atoms with E-state index in [9.17, 15) is 0 Å². The predicted molar refractivity (Wildman–Crippen MR) is 70.6 cm³/mol. The van der Waals surface area contributed by atoms with Crippen molar-refractivity contribution in [3.8, 4) is 5.75 Å². The molecule has 3 rings (SSSR count). The van der Waals surface area contributed by atoms with E-state index in [2.05, 4.69) is 25.1 Å². The van der Waals surface area contributed by atoms with Gasteiger partial charge in [0.25, 0.3) is 0 Å². The Hall–Kier alpha value is -1.57. The molecule has 0 unspecified atom stereocenters. The number of fused-ring (bicyclic) bond motifs is 1. The average molecular weight is 272 g/mol. The van der Waals surface area contributed by atoms with E-state index in [1.54, 1.807) is 0 Å². The topological polar surface area (TPSA) is 9.23 Å². The van der Waals surface area contributed by atoms with Crippen molar-refractivity contribution in [2.24, 2.45) is 0 Å². The van der Waals surface area contributed by atoms with Crippen LogP contribution in [0.4, 0.5) is 0 Å². The first-order valence-electron chi connectivity index (χ1n) is 5.69. The molecular formula is C16H13OV-. The predicted octanol–water partition coefficient (Wildman–Crippen LogP) is 3.82. The van der Waals surface area contributed by atoms with E-state index in [4.69, 9.17) is 4.74 Å². The van der Waals surface area contributed by atoms with Crippen molar-refractivity contribution in [2.75, 3.05) is 6.61 Å². The Bertz CT molecular complexity index is 573. The molecule has 2 aromatic rings. The summed E-state index contributed by atoms with van der Waals surface area (Å²) in [4.78, 5) is 0. The maximum absolute atomic E-state index is 5.76. The van der Waals surface area contributed by atoms with Crippen molar-refractivity contribution in [2.45, 2.75) is 0 Å². The van der Waals surface area contributed by atoms with Crippen LogP contribution in [0.25, 0.3) is 11.1 Å². The SMILES string of the molecule is [CH2-]C1=C(c2ccccc2)COc2ccccc21.[V]. The zero-order valence-corrected chi connectivity index (χ0v) is 11.4. The van der Waals surface area contributed by atoms with Gasteiger partial charge in [0, 0.05) is 18.6 Å². The van der Waals surface area contributed by atoms with Crippen LogP contribution in [-0.4, -0.2) is 6.61 Å². The Morgan fingerprint density at radius 2 is 1.56 bits per heavy atom. The summed E-state index contributed by atoms with van der Waals surface area (Å²) < 4.78 is 5.76. The van der Waals surface area contributed by atoms with Gasteiger partial charge < -0.3 is 4.74 Å². The number of allylic oxidation sites excluding steroid dienone is 1. The maximum atomic E-state index is 5.76. The molecule has 0 N–H and O–H groups in total. The quantitative estimate of drug-likeness (QED) is 0.717.